The number of pyridine rings is 1. The van der Waals surface area contributed by atoms with Gasteiger partial charge in [0, 0.05) is 22.5 Å². The molecule has 0 amide bonds. The fourth-order valence-corrected chi connectivity index (χ4v) is 2.66. The van der Waals surface area contributed by atoms with E-state index in [1.54, 1.807) is 24.3 Å². The number of rotatable bonds is 4. The minimum Gasteiger partial charge on any atom is -0.478 e. The van der Waals surface area contributed by atoms with Crippen molar-refractivity contribution in [1.82, 2.24) is 10.3 Å². The van der Waals surface area contributed by atoms with Crippen LogP contribution in [-0.4, -0.2) is 32.8 Å². The lowest BCUT2D eigenvalue weighted by Crippen LogP contribution is -2.58. The first-order valence-electron chi connectivity index (χ1n) is 7.40. The van der Waals surface area contributed by atoms with Crippen molar-refractivity contribution < 1.29 is 19.8 Å². The molecule has 2 aromatic rings. The van der Waals surface area contributed by atoms with Gasteiger partial charge >= 0.3 is 11.9 Å². The number of dihydropyridines is 1. The monoisotopic (exact) mass is 340 g/mol. The summed E-state index contributed by atoms with van der Waals surface area (Å²) in [5.74, 6) is -2.52. The van der Waals surface area contributed by atoms with Crippen molar-refractivity contribution in [3.05, 3.63) is 53.9 Å². The van der Waals surface area contributed by atoms with Gasteiger partial charge in [0.1, 0.15) is 5.70 Å². The lowest BCUT2D eigenvalue weighted by Gasteiger charge is -2.32. The highest BCUT2D eigenvalue weighted by atomic mass is 16.4. The maximum atomic E-state index is 11.8. The first-order valence-corrected chi connectivity index (χ1v) is 7.40. The molecule has 1 aromatic heterocycles. The van der Waals surface area contributed by atoms with Crippen LogP contribution in [0.25, 0.3) is 10.9 Å². The second-order valence-corrected chi connectivity index (χ2v) is 5.69. The van der Waals surface area contributed by atoms with Crippen molar-refractivity contribution in [3.63, 3.8) is 0 Å². The molecular weight excluding hydrogens is 324 g/mol. The van der Waals surface area contributed by atoms with E-state index in [-0.39, 0.29) is 5.70 Å². The lowest BCUT2D eigenvalue weighted by atomic mass is 10.0. The van der Waals surface area contributed by atoms with Crippen molar-refractivity contribution in [3.8, 4) is 0 Å². The van der Waals surface area contributed by atoms with Gasteiger partial charge in [0.25, 0.3) is 0 Å². The Balaban J connectivity index is 2.00. The summed E-state index contributed by atoms with van der Waals surface area (Å²) in [4.78, 5) is 27.3. The highest BCUT2D eigenvalue weighted by molar-refractivity contribution is 5.95. The van der Waals surface area contributed by atoms with Gasteiger partial charge in [-0.05, 0) is 43.3 Å². The lowest BCUT2D eigenvalue weighted by molar-refractivity contribution is -0.141. The summed E-state index contributed by atoms with van der Waals surface area (Å²) in [6.07, 6.45) is 4.00. The molecule has 8 nitrogen and oxygen atoms in total. The molecule has 1 unspecified atom stereocenters. The number of anilines is 2. The summed E-state index contributed by atoms with van der Waals surface area (Å²) >= 11 is 0. The Labute approximate surface area is 142 Å². The van der Waals surface area contributed by atoms with Gasteiger partial charge in [-0.1, -0.05) is 6.08 Å². The summed E-state index contributed by atoms with van der Waals surface area (Å²) in [6.45, 7) is 1.83. The molecule has 6 N–H and O–H groups in total. The van der Waals surface area contributed by atoms with E-state index >= 15 is 0 Å². The number of nitrogens with one attached hydrogen (secondary N) is 2. The summed E-state index contributed by atoms with van der Waals surface area (Å²) in [5, 5.41) is 24.7. The number of hydrogen-bond acceptors (Lipinski definition) is 6. The molecule has 128 valence electrons. The molecular formula is C17H16N4O4. The Morgan fingerprint density at radius 2 is 2.04 bits per heavy atom. The van der Waals surface area contributed by atoms with Crippen molar-refractivity contribution in [2.45, 2.75) is 12.6 Å². The van der Waals surface area contributed by atoms with E-state index in [0.29, 0.717) is 22.3 Å². The highest BCUT2D eigenvalue weighted by Crippen LogP contribution is 2.26. The topological polar surface area (TPSA) is 138 Å². The van der Waals surface area contributed by atoms with Gasteiger partial charge in [-0.25, -0.2) is 9.59 Å². The van der Waals surface area contributed by atoms with Crippen molar-refractivity contribution >= 4 is 34.2 Å². The molecule has 0 bridgehead atoms. The van der Waals surface area contributed by atoms with Gasteiger partial charge in [0.2, 0.25) is 5.66 Å². The molecule has 0 saturated heterocycles. The van der Waals surface area contributed by atoms with E-state index in [1.807, 2.05) is 6.92 Å². The van der Waals surface area contributed by atoms with Crippen LogP contribution in [0.5, 0.6) is 0 Å². The Kier molecular flexibility index (Phi) is 3.80. The van der Waals surface area contributed by atoms with Crippen LogP contribution in [0.4, 0.5) is 11.4 Å². The fraction of sp³-hybridized carbons (Fsp3) is 0.118. The molecule has 1 atom stereocenters. The van der Waals surface area contributed by atoms with Crippen molar-refractivity contribution in [1.29, 1.82) is 0 Å². The van der Waals surface area contributed by atoms with Crippen LogP contribution in [0.3, 0.4) is 0 Å². The summed E-state index contributed by atoms with van der Waals surface area (Å²) in [5.41, 5.74) is 6.44. The van der Waals surface area contributed by atoms with Gasteiger partial charge in [-0.2, -0.15) is 0 Å². The Hall–Kier alpha value is -3.55. The number of benzene rings is 1. The van der Waals surface area contributed by atoms with Crippen molar-refractivity contribution in [2.24, 2.45) is 0 Å². The van der Waals surface area contributed by atoms with Gasteiger partial charge in [0.15, 0.2) is 0 Å². The number of aromatic nitrogens is 1. The molecule has 3 rings (SSSR count). The van der Waals surface area contributed by atoms with E-state index in [9.17, 15) is 14.7 Å². The number of fused-ring (bicyclic) bond motifs is 1. The number of aliphatic carboxylic acids is 2. The highest BCUT2D eigenvalue weighted by Gasteiger charge is 2.39. The molecule has 2 heterocycles. The van der Waals surface area contributed by atoms with E-state index in [2.05, 4.69) is 15.6 Å². The molecule has 0 aliphatic carbocycles. The average Bonchev–Trinajstić information content (AvgIpc) is 2.55. The van der Waals surface area contributed by atoms with Crippen LogP contribution in [-0.2, 0) is 9.59 Å². The normalized spacial score (nSPS) is 19.2. The van der Waals surface area contributed by atoms with E-state index in [0.717, 1.165) is 5.69 Å². The number of carbonyl (C=O) groups is 2. The van der Waals surface area contributed by atoms with Crippen LogP contribution in [0.2, 0.25) is 0 Å². The number of carboxylic acids is 2. The third-order valence-electron chi connectivity index (χ3n) is 3.82. The maximum absolute atomic E-state index is 11.8. The zero-order valence-electron chi connectivity index (χ0n) is 13.3. The fourth-order valence-electron chi connectivity index (χ4n) is 2.66. The largest absolute Gasteiger partial charge is 0.478 e. The molecule has 8 heteroatoms. The first kappa shape index (κ1) is 16.3. The third kappa shape index (κ3) is 2.97. The van der Waals surface area contributed by atoms with E-state index in [1.165, 1.54) is 18.2 Å². The second kappa shape index (κ2) is 5.82. The molecule has 25 heavy (non-hydrogen) atoms. The first-order chi connectivity index (χ1) is 11.8. The van der Waals surface area contributed by atoms with E-state index < -0.39 is 17.6 Å². The van der Waals surface area contributed by atoms with Crippen LogP contribution >= 0.6 is 0 Å². The van der Waals surface area contributed by atoms with E-state index in [4.69, 9.17) is 10.8 Å². The predicted octanol–water partition coefficient (Wildman–Crippen LogP) is 1.45. The zero-order chi connectivity index (χ0) is 18.2. The predicted molar refractivity (Wildman–Crippen MR) is 92.9 cm³/mol. The standard InChI is InChI=1S/C17H16N4O4/c1-9-7-12(18)11-8-10(4-5-13(11)19-9)20-17(16(24)25)6-2-3-14(21-17)15(22)23/h2-8,20-21H,1H3,(H2,18,19)(H,22,23)(H,24,25). The van der Waals surface area contributed by atoms with Gasteiger partial charge < -0.3 is 26.6 Å². The summed E-state index contributed by atoms with van der Waals surface area (Å²) < 4.78 is 0. The molecule has 1 aromatic carbocycles. The van der Waals surface area contributed by atoms with Crippen LogP contribution in [0.1, 0.15) is 5.69 Å². The Morgan fingerprint density at radius 1 is 1.28 bits per heavy atom. The smallest absolute Gasteiger partial charge is 0.354 e. The summed E-state index contributed by atoms with van der Waals surface area (Å²) in [6, 6.07) is 6.78. The Bertz CT molecular complexity index is 951. The molecule has 0 radical (unpaired) electrons. The van der Waals surface area contributed by atoms with Gasteiger partial charge in [-0.3, -0.25) is 4.98 Å². The minimum atomic E-state index is -1.79. The third-order valence-corrected chi connectivity index (χ3v) is 3.82. The maximum Gasteiger partial charge on any atom is 0.354 e. The average molecular weight is 340 g/mol. The number of nitrogen functional groups attached to an aromatic ring is 1. The number of carboxylic acid groups (broad SMARTS) is 2. The molecule has 0 saturated carbocycles. The van der Waals surface area contributed by atoms with Crippen LogP contribution in [0, 0.1) is 6.92 Å². The summed E-state index contributed by atoms with van der Waals surface area (Å²) in [7, 11) is 0. The number of nitrogens with two attached hydrogens (primary N) is 1. The molecule has 1 aliphatic rings. The minimum absolute atomic E-state index is 0.227. The van der Waals surface area contributed by atoms with Gasteiger partial charge in [-0.15, -0.1) is 0 Å². The number of hydrogen-bond donors (Lipinski definition) is 5. The van der Waals surface area contributed by atoms with Crippen molar-refractivity contribution in [2.75, 3.05) is 11.1 Å². The zero-order valence-corrected chi connectivity index (χ0v) is 13.3. The van der Waals surface area contributed by atoms with Gasteiger partial charge in [0.05, 0.1) is 5.52 Å². The van der Waals surface area contributed by atoms with Crippen LogP contribution in [0.15, 0.2) is 48.2 Å². The SMILES string of the molecule is Cc1cc(N)c2cc(NC3(C(=O)O)C=CC=C(C(=O)O)N3)ccc2n1. The molecule has 0 spiro atoms. The molecule has 0 fully saturated rings. The second-order valence-electron chi connectivity index (χ2n) is 5.69. The number of nitrogens with zero attached hydrogens (tertiary/aromatic N) is 1. The number of aryl methyl sites for hydroxylation is 1. The van der Waals surface area contributed by atoms with Crippen LogP contribution < -0.4 is 16.4 Å². The quantitative estimate of drug-likeness (QED) is 0.564. The number of allylic oxidation sites excluding steroid dienone is 2. The molecule has 1 aliphatic heterocycles. The Morgan fingerprint density at radius 3 is 2.72 bits per heavy atom.